The molecule has 0 spiro atoms. The second kappa shape index (κ2) is 9.80. The zero-order valence-electron chi connectivity index (χ0n) is 14.7. The van der Waals surface area contributed by atoms with Crippen LogP contribution in [0.5, 0.6) is 0 Å². The van der Waals surface area contributed by atoms with E-state index in [1.165, 1.54) is 0 Å². The number of anilines is 1. The van der Waals surface area contributed by atoms with Crippen LogP contribution in [0.1, 0.15) is 11.1 Å². The monoisotopic (exact) mass is 392 g/mol. The van der Waals surface area contributed by atoms with E-state index in [0.717, 1.165) is 16.8 Å². The Morgan fingerprint density at radius 2 is 1.41 bits per heavy atom. The van der Waals surface area contributed by atoms with Crippen LogP contribution in [0.3, 0.4) is 0 Å². The third kappa shape index (κ3) is 5.88. The summed E-state index contributed by atoms with van der Waals surface area (Å²) in [5.74, 6) is 0.447. The van der Waals surface area contributed by atoms with Crippen LogP contribution in [-0.4, -0.2) is 9.32 Å². The van der Waals surface area contributed by atoms with E-state index in [0.29, 0.717) is 15.8 Å². The van der Waals surface area contributed by atoms with Gasteiger partial charge in [-0.3, -0.25) is 4.21 Å². The summed E-state index contributed by atoms with van der Waals surface area (Å²) in [5.41, 5.74) is 2.83. The van der Waals surface area contributed by atoms with Gasteiger partial charge in [-0.25, -0.2) is 0 Å². The average Bonchev–Trinajstić information content (AvgIpc) is 2.70. The van der Waals surface area contributed by atoms with Crippen molar-refractivity contribution < 1.29 is 4.21 Å². The second-order valence-corrected chi connectivity index (χ2v) is 7.64. The first kappa shape index (κ1) is 19.0. The Kier molecular flexibility index (Phi) is 6.90. The molecular weight excluding hydrogens is 372 g/mol. The van der Waals surface area contributed by atoms with Crippen molar-refractivity contribution in [2.24, 2.45) is 0 Å². The molecule has 0 aliphatic carbocycles. The van der Waals surface area contributed by atoms with Crippen LogP contribution in [0.25, 0.3) is 4.91 Å². The number of hydrogen-bond acceptors (Lipinski definition) is 2. The van der Waals surface area contributed by atoms with Gasteiger partial charge in [0, 0.05) is 11.9 Å². The summed E-state index contributed by atoms with van der Waals surface area (Å²) >= 11 is 5.35. The van der Waals surface area contributed by atoms with E-state index in [1.54, 1.807) is 6.20 Å². The molecule has 0 aliphatic rings. The first-order valence-corrected chi connectivity index (χ1v) is 10.3. The Hall–Kier alpha value is -2.76. The molecule has 0 unspecified atom stereocenters. The molecule has 0 bridgehead atoms. The maximum absolute atomic E-state index is 13.0. The van der Waals surface area contributed by atoms with Gasteiger partial charge < -0.3 is 10.6 Å². The van der Waals surface area contributed by atoms with Crippen molar-refractivity contribution in [3.63, 3.8) is 0 Å². The summed E-state index contributed by atoms with van der Waals surface area (Å²) in [5, 5.41) is 6.63. The summed E-state index contributed by atoms with van der Waals surface area (Å²) in [4.78, 5) is 0.705. The lowest BCUT2D eigenvalue weighted by molar-refractivity contribution is 0.688. The molecule has 1 atom stereocenters. The highest BCUT2D eigenvalue weighted by molar-refractivity contribution is 7.93. The number of rotatable bonds is 6. The van der Waals surface area contributed by atoms with Gasteiger partial charge in [-0.05, 0) is 35.5 Å². The van der Waals surface area contributed by atoms with E-state index in [-0.39, 0.29) is 0 Å². The van der Waals surface area contributed by atoms with E-state index in [9.17, 15) is 4.21 Å². The third-order valence-corrected chi connectivity index (χ3v) is 5.47. The van der Waals surface area contributed by atoms with Crippen LogP contribution in [-0.2, 0) is 16.6 Å². The molecule has 0 fully saturated rings. The Morgan fingerprint density at radius 3 is 2.04 bits per heavy atom. The highest BCUT2D eigenvalue weighted by Crippen LogP contribution is 2.20. The van der Waals surface area contributed by atoms with Gasteiger partial charge >= 0.3 is 0 Å². The number of para-hydroxylation sites is 1. The molecule has 5 heteroatoms. The van der Waals surface area contributed by atoms with Crippen molar-refractivity contribution >= 4 is 38.7 Å². The lowest BCUT2D eigenvalue weighted by atomic mass is 10.2. The van der Waals surface area contributed by atoms with Crippen molar-refractivity contribution in [2.75, 3.05) is 5.32 Å². The Balaban J connectivity index is 1.76. The van der Waals surface area contributed by atoms with Crippen LogP contribution in [0.4, 0.5) is 5.69 Å². The fraction of sp³-hybridized carbons (Fsp3) is 0.0455. The minimum Gasteiger partial charge on any atom is -0.338 e. The number of nitrogens with one attached hydrogen (secondary N) is 2. The van der Waals surface area contributed by atoms with E-state index < -0.39 is 10.8 Å². The molecule has 136 valence electrons. The second-order valence-electron chi connectivity index (χ2n) is 5.81. The topological polar surface area (TPSA) is 41.1 Å². The van der Waals surface area contributed by atoms with Crippen LogP contribution < -0.4 is 10.6 Å². The standard InChI is InChI=1S/C22H20N2OS2/c25-27(17-18-10-4-1-5-11-18)21(19-12-6-2-7-13-19)16-23-22(26)24-20-14-8-3-9-15-20/h1-16H,17H2,(H2,23,24,26)/b21-16+/t27-/m1/s1. The van der Waals surface area contributed by atoms with E-state index >= 15 is 0 Å². The molecule has 0 amide bonds. The predicted molar refractivity (Wildman–Crippen MR) is 119 cm³/mol. The smallest absolute Gasteiger partial charge is 0.174 e. The van der Waals surface area contributed by atoms with E-state index in [2.05, 4.69) is 10.6 Å². The largest absolute Gasteiger partial charge is 0.338 e. The van der Waals surface area contributed by atoms with Gasteiger partial charge in [0.05, 0.1) is 21.5 Å². The summed E-state index contributed by atoms with van der Waals surface area (Å²) in [6, 6.07) is 29.2. The summed E-state index contributed by atoms with van der Waals surface area (Å²) < 4.78 is 13.0. The molecule has 0 saturated heterocycles. The fourth-order valence-corrected chi connectivity index (χ4v) is 3.92. The van der Waals surface area contributed by atoms with Crippen molar-refractivity contribution in [3.8, 4) is 0 Å². The molecule has 0 aliphatic heterocycles. The molecule has 3 nitrogen and oxygen atoms in total. The van der Waals surface area contributed by atoms with Crippen molar-refractivity contribution in [3.05, 3.63) is 108 Å². The quantitative estimate of drug-likeness (QED) is 0.584. The molecule has 27 heavy (non-hydrogen) atoms. The van der Waals surface area contributed by atoms with Crippen LogP contribution in [0, 0.1) is 0 Å². The molecule has 0 radical (unpaired) electrons. The Labute approximate surface area is 167 Å². The molecule has 3 rings (SSSR count). The highest BCUT2D eigenvalue weighted by atomic mass is 32.2. The van der Waals surface area contributed by atoms with Gasteiger partial charge in [0.2, 0.25) is 0 Å². The van der Waals surface area contributed by atoms with E-state index in [4.69, 9.17) is 12.2 Å². The van der Waals surface area contributed by atoms with Gasteiger partial charge in [0.25, 0.3) is 0 Å². The normalized spacial score (nSPS) is 12.2. The first-order valence-electron chi connectivity index (χ1n) is 8.53. The molecule has 3 aromatic rings. The van der Waals surface area contributed by atoms with Crippen molar-refractivity contribution in [1.82, 2.24) is 5.32 Å². The first-order chi connectivity index (χ1) is 13.2. The zero-order valence-corrected chi connectivity index (χ0v) is 16.3. The van der Waals surface area contributed by atoms with E-state index in [1.807, 2.05) is 91.0 Å². The Bertz CT molecular complexity index is 926. The van der Waals surface area contributed by atoms with Crippen LogP contribution in [0.15, 0.2) is 97.2 Å². The molecule has 0 saturated carbocycles. The lowest BCUT2D eigenvalue weighted by Gasteiger charge is -2.11. The SMILES string of the molecule is O=[S@](Cc1ccccc1)/C(=C/NC(=S)Nc1ccccc1)c1ccccc1. The highest BCUT2D eigenvalue weighted by Gasteiger charge is 2.11. The number of thiocarbonyl (C=S) groups is 1. The summed E-state index contributed by atoms with van der Waals surface area (Å²) in [6.07, 6.45) is 1.73. The molecule has 0 heterocycles. The molecule has 2 N–H and O–H groups in total. The predicted octanol–water partition coefficient (Wildman–Crippen LogP) is 4.92. The van der Waals surface area contributed by atoms with Crippen LogP contribution >= 0.6 is 12.2 Å². The van der Waals surface area contributed by atoms with Gasteiger partial charge in [0.15, 0.2) is 5.11 Å². The fourth-order valence-electron chi connectivity index (χ4n) is 2.51. The van der Waals surface area contributed by atoms with Crippen LogP contribution in [0.2, 0.25) is 0 Å². The number of hydrogen-bond donors (Lipinski definition) is 2. The minimum absolute atomic E-state index is 0.447. The molecular formula is C22H20N2OS2. The maximum atomic E-state index is 13.0. The van der Waals surface area contributed by atoms with Gasteiger partial charge in [-0.2, -0.15) is 0 Å². The zero-order chi connectivity index (χ0) is 18.9. The maximum Gasteiger partial charge on any atom is 0.174 e. The molecule has 0 aromatic heterocycles. The van der Waals surface area contributed by atoms with Crippen molar-refractivity contribution in [1.29, 1.82) is 0 Å². The average molecular weight is 393 g/mol. The lowest BCUT2D eigenvalue weighted by Crippen LogP contribution is -2.24. The van der Waals surface area contributed by atoms with Crippen molar-refractivity contribution in [2.45, 2.75) is 5.75 Å². The Morgan fingerprint density at radius 1 is 0.852 bits per heavy atom. The summed E-state index contributed by atoms with van der Waals surface area (Å²) in [6.45, 7) is 0. The molecule has 3 aromatic carbocycles. The van der Waals surface area contributed by atoms with Gasteiger partial charge in [-0.1, -0.05) is 78.9 Å². The minimum atomic E-state index is -1.21. The third-order valence-electron chi connectivity index (χ3n) is 3.81. The number of benzene rings is 3. The summed E-state index contributed by atoms with van der Waals surface area (Å²) in [7, 11) is -1.21. The van der Waals surface area contributed by atoms with Gasteiger partial charge in [-0.15, -0.1) is 0 Å². The van der Waals surface area contributed by atoms with Gasteiger partial charge in [0.1, 0.15) is 0 Å².